The number of amides is 3. The number of nitrogens with one attached hydrogen (secondary N) is 2. The van der Waals surface area contributed by atoms with Crippen LogP contribution < -0.4 is 22.1 Å². The van der Waals surface area contributed by atoms with Crippen molar-refractivity contribution in [3.63, 3.8) is 0 Å². The predicted molar refractivity (Wildman–Crippen MR) is 140 cm³/mol. The number of nitrogens with two attached hydrogens (primary N) is 2. The van der Waals surface area contributed by atoms with E-state index in [0.29, 0.717) is 20.9 Å². The molecule has 2 aliphatic rings. The molecule has 7 N–H and O–H groups in total. The number of β-lactam (4-membered cyclic amide) rings is 1. The van der Waals surface area contributed by atoms with Crippen molar-refractivity contribution in [2.24, 2.45) is 5.73 Å². The number of benzene rings is 1. The average molecular weight is 569 g/mol. The van der Waals surface area contributed by atoms with Crippen LogP contribution in [0, 0.1) is 0 Å². The Balaban J connectivity index is 1.64. The van der Waals surface area contributed by atoms with E-state index < -0.39 is 46.6 Å². The van der Waals surface area contributed by atoms with E-state index in [1.807, 2.05) is 0 Å². The highest BCUT2D eigenvalue weighted by molar-refractivity contribution is 8.00. The van der Waals surface area contributed by atoms with Crippen LogP contribution in [0.1, 0.15) is 26.3 Å². The Morgan fingerprint density at radius 1 is 1.32 bits per heavy atom. The van der Waals surface area contributed by atoms with Gasteiger partial charge < -0.3 is 20.9 Å². The zero-order chi connectivity index (χ0) is 27.3. The Morgan fingerprint density at radius 2 is 2.03 bits per heavy atom. The number of alkyl halides is 1. The van der Waals surface area contributed by atoms with Gasteiger partial charge in [-0.05, 0) is 38.5 Å². The van der Waals surface area contributed by atoms with Crippen LogP contribution in [-0.2, 0) is 24.8 Å². The van der Waals surface area contributed by atoms with Crippen LogP contribution in [0.3, 0.4) is 0 Å². The van der Waals surface area contributed by atoms with Gasteiger partial charge in [0.15, 0.2) is 10.8 Å². The number of carbonyl (C=O) groups excluding carboxylic acids is 3. The molecule has 12 nitrogen and oxygen atoms in total. The van der Waals surface area contributed by atoms with E-state index in [1.54, 1.807) is 32.9 Å². The monoisotopic (exact) mass is 568 g/mol. The van der Waals surface area contributed by atoms with Crippen molar-refractivity contribution >= 4 is 73.9 Å². The first-order valence-electron chi connectivity index (χ1n) is 11.0. The molecule has 198 valence electrons. The highest BCUT2D eigenvalue weighted by atomic mass is 35.5. The van der Waals surface area contributed by atoms with E-state index in [2.05, 4.69) is 15.6 Å². The fourth-order valence-corrected chi connectivity index (χ4v) is 6.41. The van der Waals surface area contributed by atoms with Crippen LogP contribution in [0.15, 0.2) is 29.5 Å². The minimum atomic E-state index is -2.15. The van der Waals surface area contributed by atoms with E-state index >= 15 is 0 Å². The largest absolute Gasteiger partial charge is 0.477 e. The summed E-state index contributed by atoms with van der Waals surface area (Å²) < 4.78 is 5.94. The third kappa shape index (κ3) is 5.06. The molecule has 2 unspecified atom stereocenters. The molecule has 1 aromatic carbocycles. The van der Waals surface area contributed by atoms with Gasteiger partial charge in [0.05, 0.1) is 10.2 Å². The molecule has 1 saturated heterocycles. The summed E-state index contributed by atoms with van der Waals surface area (Å²) >= 11 is 8.31. The number of halogens is 1. The number of carboxylic acids is 1. The Kier molecular flexibility index (Phi) is 7.05. The van der Waals surface area contributed by atoms with Crippen molar-refractivity contribution < 1.29 is 29.0 Å². The van der Waals surface area contributed by atoms with Crippen molar-refractivity contribution in [1.82, 2.24) is 20.5 Å². The first kappa shape index (κ1) is 27.0. The van der Waals surface area contributed by atoms with Crippen molar-refractivity contribution in [3.8, 4) is 0 Å². The smallest absolute Gasteiger partial charge is 0.409 e. The SMILES string of the molecule is CC(C)(C)OC(=O)NC(N)(C(=O)NC1C(=O)N2C(C(=O)O)=C(CCl)CS[C@@H]12)c1ccc2nc(N)sc2c1. The van der Waals surface area contributed by atoms with Crippen molar-refractivity contribution in [2.45, 2.75) is 43.5 Å². The summed E-state index contributed by atoms with van der Waals surface area (Å²) in [5.41, 5.74) is 10.3. The molecule has 1 aromatic heterocycles. The van der Waals surface area contributed by atoms with Crippen molar-refractivity contribution in [2.75, 3.05) is 17.4 Å². The highest BCUT2D eigenvalue weighted by Crippen LogP contribution is 2.41. The van der Waals surface area contributed by atoms with E-state index in [9.17, 15) is 24.3 Å². The summed E-state index contributed by atoms with van der Waals surface area (Å²) in [7, 11) is 0. The number of fused-ring (bicyclic) bond motifs is 2. The van der Waals surface area contributed by atoms with Gasteiger partial charge in [-0.1, -0.05) is 17.4 Å². The van der Waals surface area contributed by atoms with Crippen LogP contribution in [0.4, 0.5) is 9.93 Å². The summed E-state index contributed by atoms with van der Waals surface area (Å²) in [6.45, 7) is 4.96. The lowest BCUT2D eigenvalue weighted by molar-refractivity contribution is -0.151. The number of rotatable bonds is 6. The van der Waals surface area contributed by atoms with Gasteiger partial charge in [0.25, 0.3) is 11.8 Å². The van der Waals surface area contributed by atoms with Crippen LogP contribution in [0.2, 0.25) is 0 Å². The van der Waals surface area contributed by atoms with Gasteiger partial charge in [0.1, 0.15) is 22.7 Å². The number of hydrogen-bond acceptors (Lipinski definition) is 10. The third-order valence-corrected chi connectivity index (χ3v) is 8.12. The van der Waals surface area contributed by atoms with Crippen molar-refractivity contribution in [3.05, 3.63) is 35.0 Å². The fraction of sp³-hybridized carbons (Fsp3) is 0.409. The molecule has 2 aromatic rings. The number of carbonyl (C=O) groups is 4. The lowest BCUT2D eigenvalue weighted by atomic mass is 9.96. The summed E-state index contributed by atoms with van der Waals surface area (Å²) in [6.07, 6.45) is -0.953. The van der Waals surface area contributed by atoms with Crippen LogP contribution in [-0.4, -0.2) is 67.5 Å². The molecule has 0 spiro atoms. The molecular formula is C22H25ClN6O6S2. The number of anilines is 1. The molecule has 0 radical (unpaired) electrons. The van der Waals surface area contributed by atoms with Crippen LogP contribution >= 0.6 is 34.7 Å². The number of hydrogen-bond donors (Lipinski definition) is 5. The lowest BCUT2D eigenvalue weighted by Crippen LogP contribution is -2.74. The van der Waals surface area contributed by atoms with E-state index in [1.165, 1.54) is 29.2 Å². The number of thiazole rings is 1. The second kappa shape index (κ2) is 9.67. The van der Waals surface area contributed by atoms with E-state index in [4.69, 9.17) is 27.8 Å². The quantitative estimate of drug-likeness (QED) is 0.194. The first-order chi connectivity index (χ1) is 17.2. The molecule has 0 aliphatic carbocycles. The number of ether oxygens (including phenoxy) is 1. The number of nitrogen functional groups attached to an aromatic ring is 1. The Bertz CT molecular complexity index is 1340. The van der Waals surface area contributed by atoms with E-state index in [0.717, 1.165) is 4.90 Å². The predicted octanol–water partition coefficient (Wildman–Crippen LogP) is 1.49. The van der Waals surface area contributed by atoms with Gasteiger partial charge in [0.2, 0.25) is 0 Å². The average Bonchev–Trinajstić information content (AvgIpc) is 3.18. The Labute approximate surface area is 224 Å². The standard InChI is InChI=1S/C22H25ClN6O6S2/c1-21(2,3)35-20(34)28-22(25,10-4-5-11-12(6-10)37-19(24)26-11)18(33)27-13-15(30)29-14(17(31)32)9(7-23)8-36-16(13)29/h4-6,13,16H,7-8,25H2,1-3H3,(H2,24,26)(H,27,33)(H,28,34)(H,31,32)/t13?,16-,22?/m0/s1. The van der Waals surface area contributed by atoms with Crippen molar-refractivity contribution in [1.29, 1.82) is 0 Å². The first-order valence-corrected chi connectivity index (χ1v) is 13.4. The van der Waals surface area contributed by atoms with Gasteiger partial charge in [0, 0.05) is 17.2 Å². The van der Waals surface area contributed by atoms with Gasteiger partial charge in [-0.3, -0.25) is 25.5 Å². The summed E-state index contributed by atoms with van der Waals surface area (Å²) in [6, 6.07) is 3.62. The number of aliphatic carboxylic acids is 1. The minimum Gasteiger partial charge on any atom is -0.477 e. The van der Waals surface area contributed by atoms with Gasteiger partial charge in [-0.2, -0.15) is 0 Å². The molecule has 0 saturated carbocycles. The molecule has 1 fully saturated rings. The minimum absolute atomic E-state index is 0.0432. The molecule has 0 bridgehead atoms. The number of carboxylic acid groups (broad SMARTS) is 1. The number of nitrogens with zero attached hydrogens (tertiary/aromatic N) is 2. The Hall–Kier alpha value is -3.07. The van der Waals surface area contributed by atoms with Gasteiger partial charge in [-0.25, -0.2) is 14.6 Å². The van der Waals surface area contributed by atoms with Crippen LogP contribution in [0.25, 0.3) is 10.2 Å². The van der Waals surface area contributed by atoms with Crippen LogP contribution in [0.5, 0.6) is 0 Å². The normalized spacial score (nSPS) is 21.1. The molecule has 2 aliphatic heterocycles. The fourth-order valence-electron chi connectivity index (χ4n) is 3.95. The molecule has 3 atom stereocenters. The molecule has 4 rings (SSSR count). The maximum absolute atomic E-state index is 13.6. The summed E-state index contributed by atoms with van der Waals surface area (Å²) in [4.78, 5) is 56.3. The number of alkyl carbamates (subject to hydrolysis) is 1. The maximum atomic E-state index is 13.6. The summed E-state index contributed by atoms with van der Waals surface area (Å²) in [5, 5.41) is 14.3. The second-order valence-corrected chi connectivity index (χ2v) is 11.9. The molecule has 37 heavy (non-hydrogen) atoms. The number of aromatic nitrogens is 1. The van der Waals surface area contributed by atoms with Gasteiger partial charge in [-0.15, -0.1) is 23.4 Å². The topological polar surface area (TPSA) is 190 Å². The Morgan fingerprint density at radius 3 is 2.65 bits per heavy atom. The van der Waals surface area contributed by atoms with E-state index in [-0.39, 0.29) is 22.9 Å². The zero-order valence-electron chi connectivity index (χ0n) is 20.0. The zero-order valence-corrected chi connectivity index (χ0v) is 22.4. The third-order valence-electron chi connectivity index (χ3n) is 5.61. The maximum Gasteiger partial charge on any atom is 0.409 e. The lowest BCUT2D eigenvalue weighted by Gasteiger charge is -2.50. The molecule has 3 amide bonds. The molecule has 3 heterocycles. The second-order valence-electron chi connectivity index (χ2n) is 9.42. The highest BCUT2D eigenvalue weighted by Gasteiger charge is 2.55. The summed E-state index contributed by atoms with van der Waals surface area (Å²) in [5.74, 6) is -2.57. The molecular weight excluding hydrogens is 544 g/mol. The number of thioether (sulfide) groups is 1. The molecule has 15 heteroatoms. The van der Waals surface area contributed by atoms with Gasteiger partial charge >= 0.3 is 12.1 Å².